The average molecular weight is 294 g/mol. The van der Waals surface area contributed by atoms with E-state index < -0.39 is 10.0 Å². The number of aliphatic hydroxyl groups excluding tert-OH is 1. The Morgan fingerprint density at radius 1 is 1.44 bits per heavy atom. The second kappa shape index (κ2) is 6.94. The van der Waals surface area contributed by atoms with E-state index in [9.17, 15) is 8.42 Å². The summed E-state index contributed by atoms with van der Waals surface area (Å²) in [6, 6.07) is 4.43. The van der Waals surface area contributed by atoms with E-state index in [4.69, 9.17) is 21.4 Å². The van der Waals surface area contributed by atoms with Crippen molar-refractivity contribution in [2.45, 2.75) is 18.2 Å². The van der Waals surface area contributed by atoms with Crippen LogP contribution in [0.4, 0.5) is 0 Å². The molecule has 0 aromatic heterocycles. The number of hydrogen-bond donors (Lipinski definition) is 2. The zero-order valence-corrected chi connectivity index (χ0v) is 11.6. The molecule has 0 unspecified atom stereocenters. The molecule has 7 heteroatoms. The Bertz CT molecular complexity index is 490. The van der Waals surface area contributed by atoms with Crippen molar-refractivity contribution in [1.82, 2.24) is 4.72 Å². The fourth-order valence-corrected chi connectivity index (χ4v) is 2.81. The molecule has 5 nitrogen and oxygen atoms in total. The molecule has 1 aromatic carbocycles. The van der Waals surface area contributed by atoms with E-state index in [-0.39, 0.29) is 23.8 Å². The predicted octanol–water partition coefficient (Wildman–Crippen LogP) is 1.40. The molecule has 0 aliphatic heterocycles. The fraction of sp³-hybridized carbons (Fsp3) is 0.455. The van der Waals surface area contributed by atoms with Gasteiger partial charge in [-0.3, -0.25) is 0 Å². The van der Waals surface area contributed by atoms with Crippen LogP contribution in [0.3, 0.4) is 0 Å². The molecule has 18 heavy (non-hydrogen) atoms. The number of ether oxygens (including phenoxy) is 1. The van der Waals surface area contributed by atoms with Gasteiger partial charge in [0.25, 0.3) is 0 Å². The van der Waals surface area contributed by atoms with Crippen LogP contribution in [0.15, 0.2) is 23.1 Å². The highest BCUT2D eigenvalue weighted by Gasteiger charge is 2.19. The van der Waals surface area contributed by atoms with Crippen molar-refractivity contribution in [3.63, 3.8) is 0 Å². The van der Waals surface area contributed by atoms with Gasteiger partial charge in [-0.15, -0.1) is 0 Å². The van der Waals surface area contributed by atoms with Gasteiger partial charge in [0, 0.05) is 18.2 Å². The highest BCUT2D eigenvalue weighted by atomic mass is 35.5. The smallest absolute Gasteiger partial charge is 0.244 e. The molecule has 2 N–H and O–H groups in total. The van der Waals surface area contributed by atoms with Crippen LogP contribution in [0, 0.1) is 0 Å². The molecular formula is C11H16ClNO4S. The van der Waals surface area contributed by atoms with Crippen LogP contribution in [-0.4, -0.2) is 33.3 Å². The van der Waals surface area contributed by atoms with Gasteiger partial charge in [-0.2, -0.15) is 0 Å². The zero-order valence-electron chi connectivity index (χ0n) is 10.0. The van der Waals surface area contributed by atoms with E-state index in [2.05, 4.69) is 4.72 Å². The second-order valence-electron chi connectivity index (χ2n) is 3.50. The number of hydrogen-bond acceptors (Lipinski definition) is 4. The Hall–Kier alpha value is -0.820. The molecule has 0 saturated heterocycles. The van der Waals surface area contributed by atoms with Gasteiger partial charge in [0.1, 0.15) is 10.6 Å². The summed E-state index contributed by atoms with van der Waals surface area (Å²) < 4.78 is 31.7. The van der Waals surface area contributed by atoms with Crippen LogP contribution in [0.5, 0.6) is 5.75 Å². The number of halogens is 1. The first-order valence-electron chi connectivity index (χ1n) is 5.54. The molecule has 1 rings (SSSR count). The van der Waals surface area contributed by atoms with Crippen molar-refractivity contribution in [2.75, 3.05) is 19.8 Å². The quantitative estimate of drug-likeness (QED) is 0.745. The van der Waals surface area contributed by atoms with Gasteiger partial charge in [0.2, 0.25) is 10.0 Å². The van der Waals surface area contributed by atoms with Crippen LogP contribution in [0.1, 0.15) is 13.3 Å². The Morgan fingerprint density at radius 3 is 2.78 bits per heavy atom. The Labute approximate surface area is 112 Å². The van der Waals surface area contributed by atoms with Crippen molar-refractivity contribution < 1.29 is 18.3 Å². The van der Waals surface area contributed by atoms with Gasteiger partial charge in [0.05, 0.1) is 6.61 Å². The van der Waals surface area contributed by atoms with Crippen LogP contribution < -0.4 is 9.46 Å². The van der Waals surface area contributed by atoms with Gasteiger partial charge in [-0.1, -0.05) is 11.6 Å². The third kappa shape index (κ3) is 4.13. The molecule has 0 atom stereocenters. The summed E-state index contributed by atoms with van der Waals surface area (Å²) in [4.78, 5) is 0.00906. The van der Waals surface area contributed by atoms with Gasteiger partial charge in [0.15, 0.2) is 0 Å². The summed E-state index contributed by atoms with van der Waals surface area (Å²) in [6.45, 7) is 2.22. The standard InChI is InChI=1S/C11H16ClNO4S/c1-2-17-10-5-4-9(12)8-11(10)18(15,16)13-6-3-7-14/h4-5,8,13-14H,2-3,6-7H2,1H3. The van der Waals surface area contributed by atoms with Crippen molar-refractivity contribution in [1.29, 1.82) is 0 Å². The van der Waals surface area contributed by atoms with E-state index in [0.717, 1.165) is 0 Å². The topological polar surface area (TPSA) is 75.6 Å². The van der Waals surface area contributed by atoms with Crippen molar-refractivity contribution in [3.05, 3.63) is 23.2 Å². The van der Waals surface area contributed by atoms with Gasteiger partial charge < -0.3 is 9.84 Å². The first kappa shape index (κ1) is 15.2. The minimum absolute atomic E-state index is 0.00906. The van der Waals surface area contributed by atoms with Crippen LogP contribution in [-0.2, 0) is 10.0 Å². The lowest BCUT2D eigenvalue weighted by molar-refractivity contribution is 0.289. The van der Waals surface area contributed by atoms with Gasteiger partial charge in [-0.25, -0.2) is 13.1 Å². The third-order valence-electron chi connectivity index (χ3n) is 2.12. The summed E-state index contributed by atoms with van der Waals surface area (Å²) in [6.07, 6.45) is 0.351. The summed E-state index contributed by atoms with van der Waals surface area (Å²) in [5.41, 5.74) is 0. The molecule has 1 aromatic rings. The van der Waals surface area contributed by atoms with Gasteiger partial charge in [-0.05, 0) is 31.5 Å². The maximum absolute atomic E-state index is 12.0. The number of benzene rings is 1. The predicted molar refractivity (Wildman–Crippen MR) is 69.5 cm³/mol. The molecule has 0 radical (unpaired) electrons. The zero-order chi connectivity index (χ0) is 13.6. The lowest BCUT2D eigenvalue weighted by atomic mass is 10.3. The first-order chi connectivity index (χ1) is 8.51. The van der Waals surface area contributed by atoms with Gasteiger partial charge >= 0.3 is 0 Å². The maximum Gasteiger partial charge on any atom is 0.244 e. The van der Waals surface area contributed by atoms with E-state index in [0.29, 0.717) is 18.1 Å². The van der Waals surface area contributed by atoms with E-state index in [1.807, 2.05) is 0 Å². The minimum Gasteiger partial charge on any atom is -0.492 e. The van der Waals surface area contributed by atoms with Crippen molar-refractivity contribution in [2.24, 2.45) is 0 Å². The molecule has 0 heterocycles. The number of aliphatic hydroxyl groups is 1. The summed E-state index contributed by atoms with van der Waals surface area (Å²) in [5, 5.41) is 8.96. The molecule has 0 fully saturated rings. The van der Waals surface area contributed by atoms with Crippen molar-refractivity contribution in [3.8, 4) is 5.75 Å². The minimum atomic E-state index is -3.68. The molecule has 0 saturated carbocycles. The highest BCUT2D eigenvalue weighted by Crippen LogP contribution is 2.27. The number of sulfonamides is 1. The SMILES string of the molecule is CCOc1ccc(Cl)cc1S(=O)(=O)NCCCO. The summed E-state index contributed by atoms with van der Waals surface area (Å²) in [7, 11) is -3.68. The molecule has 0 aliphatic rings. The first-order valence-corrected chi connectivity index (χ1v) is 7.40. The highest BCUT2D eigenvalue weighted by molar-refractivity contribution is 7.89. The molecule has 0 bridgehead atoms. The van der Waals surface area contributed by atoms with Crippen LogP contribution in [0.25, 0.3) is 0 Å². The monoisotopic (exact) mass is 293 g/mol. The number of nitrogens with one attached hydrogen (secondary N) is 1. The third-order valence-corrected chi connectivity index (χ3v) is 3.84. The van der Waals surface area contributed by atoms with Crippen LogP contribution in [0.2, 0.25) is 5.02 Å². The lowest BCUT2D eigenvalue weighted by Gasteiger charge is -2.11. The molecule has 0 amide bonds. The van der Waals surface area contributed by atoms with Crippen molar-refractivity contribution >= 4 is 21.6 Å². The van der Waals surface area contributed by atoms with Crippen LogP contribution >= 0.6 is 11.6 Å². The summed E-state index contributed by atoms with van der Waals surface area (Å²) >= 11 is 5.80. The normalized spacial score (nSPS) is 11.5. The molecular weight excluding hydrogens is 278 g/mol. The second-order valence-corrected chi connectivity index (χ2v) is 5.67. The lowest BCUT2D eigenvalue weighted by Crippen LogP contribution is -2.26. The van der Waals surface area contributed by atoms with E-state index >= 15 is 0 Å². The molecule has 0 spiro atoms. The van der Waals surface area contributed by atoms with E-state index in [1.54, 1.807) is 13.0 Å². The number of rotatable bonds is 7. The average Bonchev–Trinajstić information content (AvgIpc) is 2.32. The Balaban J connectivity index is 3.01. The maximum atomic E-state index is 12.0. The summed E-state index contributed by atoms with van der Waals surface area (Å²) in [5.74, 6) is 0.262. The van der Waals surface area contributed by atoms with E-state index in [1.165, 1.54) is 12.1 Å². The molecule has 102 valence electrons. The fourth-order valence-electron chi connectivity index (χ4n) is 1.33. The largest absolute Gasteiger partial charge is 0.492 e. The Kier molecular flexibility index (Phi) is 5.87. The Morgan fingerprint density at radius 2 is 2.17 bits per heavy atom. The molecule has 0 aliphatic carbocycles.